The van der Waals surface area contributed by atoms with Crippen LogP contribution in [0.2, 0.25) is 0 Å². The number of carbonyl (C=O) groups is 1. The molecule has 0 spiro atoms. The Morgan fingerprint density at radius 2 is 2.13 bits per heavy atom. The van der Waals surface area contributed by atoms with Gasteiger partial charge in [0.25, 0.3) is 0 Å². The zero-order chi connectivity index (χ0) is 15.6. The lowest BCUT2D eigenvalue weighted by molar-refractivity contribution is -0.117. The number of aromatic nitrogens is 1. The maximum absolute atomic E-state index is 12.3. The fourth-order valence-corrected chi connectivity index (χ4v) is 4.53. The highest BCUT2D eigenvalue weighted by Crippen LogP contribution is 2.49. The van der Waals surface area contributed by atoms with Gasteiger partial charge >= 0.3 is 0 Å². The van der Waals surface area contributed by atoms with Crippen molar-refractivity contribution in [2.75, 3.05) is 36.5 Å². The molecule has 2 heterocycles. The van der Waals surface area contributed by atoms with E-state index in [-0.39, 0.29) is 5.91 Å². The molecule has 124 valence electrons. The van der Waals surface area contributed by atoms with Crippen molar-refractivity contribution in [2.45, 2.75) is 32.1 Å². The molecule has 23 heavy (non-hydrogen) atoms. The number of anilines is 2. The Morgan fingerprint density at radius 3 is 2.78 bits per heavy atom. The number of nitrogens with zero attached hydrogens (tertiary/aromatic N) is 2. The van der Waals surface area contributed by atoms with E-state index in [0.29, 0.717) is 18.2 Å². The maximum Gasteiger partial charge on any atom is 0.225 e. The van der Waals surface area contributed by atoms with Crippen LogP contribution in [0, 0.1) is 17.8 Å². The van der Waals surface area contributed by atoms with E-state index in [1.165, 1.54) is 25.7 Å². The second-order valence-corrected chi connectivity index (χ2v) is 7.19. The molecule has 1 aromatic heterocycles. The maximum atomic E-state index is 12.3. The van der Waals surface area contributed by atoms with Crippen molar-refractivity contribution in [3.8, 4) is 0 Å². The molecule has 2 aliphatic carbocycles. The van der Waals surface area contributed by atoms with Crippen molar-refractivity contribution >= 4 is 17.4 Å². The molecule has 3 fully saturated rings. The van der Waals surface area contributed by atoms with Gasteiger partial charge in [-0.25, -0.2) is 4.98 Å². The first-order valence-electron chi connectivity index (χ1n) is 8.86. The summed E-state index contributed by atoms with van der Waals surface area (Å²) in [6.07, 6.45) is 7.82. The second kappa shape index (κ2) is 6.48. The number of hydrogen-bond donors (Lipinski definition) is 1. The smallest absolute Gasteiger partial charge is 0.225 e. The summed E-state index contributed by atoms with van der Waals surface area (Å²) >= 11 is 0. The van der Waals surface area contributed by atoms with Crippen molar-refractivity contribution in [1.29, 1.82) is 0 Å². The molecule has 3 atom stereocenters. The molecule has 0 unspecified atom stereocenters. The van der Waals surface area contributed by atoms with E-state index in [0.717, 1.165) is 43.8 Å². The van der Waals surface area contributed by atoms with Crippen LogP contribution in [-0.2, 0) is 9.53 Å². The lowest BCUT2D eigenvalue weighted by Crippen LogP contribution is -2.36. The van der Waals surface area contributed by atoms with Crippen molar-refractivity contribution < 1.29 is 9.53 Å². The van der Waals surface area contributed by atoms with Gasteiger partial charge in [0.05, 0.1) is 25.1 Å². The first-order valence-corrected chi connectivity index (χ1v) is 8.86. The first kappa shape index (κ1) is 14.9. The summed E-state index contributed by atoms with van der Waals surface area (Å²) in [5, 5.41) is 2.97. The third-order valence-corrected chi connectivity index (χ3v) is 5.72. The Labute approximate surface area is 137 Å². The highest BCUT2D eigenvalue weighted by atomic mass is 16.5. The van der Waals surface area contributed by atoms with Crippen LogP contribution in [-0.4, -0.2) is 37.2 Å². The standard InChI is InChI=1S/C18H25N3O2/c22-18(11-15-10-13-1-2-14(15)9-13)20-17-4-3-16(12-19-17)21-5-7-23-8-6-21/h3-4,12-15H,1-2,5-11H2,(H,19,20,22)/t13-,14-,15-/m0/s1. The Kier molecular flexibility index (Phi) is 4.21. The van der Waals surface area contributed by atoms with E-state index in [1.807, 2.05) is 18.3 Å². The lowest BCUT2D eigenvalue weighted by atomic mass is 9.86. The van der Waals surface area contributed by atoms with E-state index in [2.05, 4.69) is 15.2 Å². The molecule has 1 N–H and O–H groups in total. The Hall–Kier alpha value is -1.62. The van der Waals surface area contributed by atoms with E-state index < -0.39 is 0 Å². The van der Waals surface area contributed by atoms with Crippen molar-refractivity contribution in [3.05, 3.63) is 18.3 Å². The van der Waals surface area contributed by atoms with Crippen LogP contribution < -0.4 is 10.2 Å². The fraction of sp³-hybridized carbons (Fsp3) is 0.667. The monoisotopic (exact) mass is 315 g/mol. The molecular formula is C18H25N3O2. The summed E-state index contributed by atoms with van der Waals surface area (Å²) in [6, 6.07) is 3.94. The minimum absolute atomic E-state index is 0.120. The summed E-state index contributed by atoms with van der Waals surface area (Å²) in [6.45, 7) is 3.33. The molecule has 2 saturated carbocycles. The zero-order valence-electron chi connectivity index (χ0n) is 13.5. The predicted octanol–water partition coefficient (Wildman–Crippen LogP) is 2.68. The summed E-state index contributed by atoms with van der Waals surface area (Å²) in [5.41, 5.74) is 1.10. The molecule has 1 amide bonds. The van der Waals surface area contributed by atoms with Gasteiger partial charge < -0.3 is 15.0 Å². The van der Waals surface area contributed by atoms with Gasteiger partial charge in [0.2, 0.25) is 5.91 Å². The van der Waals surface area contributed by atoms with Gasteiger partial charge in [0, 0.05) is 19.5 Å². The molecule has 5 heteroatoms. The van der Waals surface area contributed by atoms with E-state index >= 15 is 0 Å². The van der Waals surface area contributed by atoms with Crippen LogP contribution >= 0.6 is 0 Å². The topological polar surface area (TPSA) is 54.5 Å². The minimum atomic E-state index is 0.120. The number of rotatable bonds is 4. The Bertz CT molecular complexity index is 554. The normalized spacial score (nSPS) is 29.7. The number of fused-ring (bicyclic) bond motifs is 2. The number of ether oxygens (including phenoxy) is 1. The molecule has 0 aromatic carbocycles. The summed E-state index contributed by atoms with van der Waals surface area (Å²) in [4.78, 5) is 18.9. The number of amides is 1. The predicted molar refractivity (Wildman–Crippen MR) is 89.5 cm³/mol. The number of hydrogen-bond acceptors (Lipinski definition) is 4. The fourth-order valence-electron chi connectivity index (χ4n) is 4.53. The van der Waals surface area contributed by atoms with Crippen LogP contribution in [0.5, 0.6) is 0 Å². The largest absolute Gasteiger partial charge is 0.378 e. The van der Waals surface area contributed by atoms with Crippen LogP contribution in [0.3, 0.4) is 0 Å². The van der Waals surface area contributed by atoms with Crippen molar-refractivity contribution in [3.63, 3.8) is 0 Å². The summed E-state index contributed by atoms with van der Waals surface area (Å²) in [7, 11) is 0. The van der Waals surface area contributed by atoms with Crippen LogP contribution in [0.25, 0.3) is 0 Å². The Balaban J connectivity index is 1.30. The minimum Gasteiger partial charge on any atom is -0.378 e. The molecule has 2 bridgehead atoms. The van der Waals surface area contributed by atoms with Gasteiger partial charge in [-0.2, -0.15) is 0 Å². The molecule has 1 aromatic rings. The molecule has 1 saturated heterocycles. The molecule has 5 nitrogen and oxygen atoms in total. The van der Waals surface area contributed by atoms with Crippen molar-refractivity contribution in [1.82, 2.24) is 4.98 Å². The van der Waals surface area contributed by atoms with Gasteiger partial charge in [0.15, 0.2) is 0 Å². The van der Waals surface area contributed by atoms with Gasteiger partial charge in [-0.3, -0.25) is 4.79 Å². The molecule has 1 aliphatic heterocycles. The van der Waals surface area contributed by atoms with Gasteiger partial charge in [-0.1, -0.05) is 6.42 Å². The summed E-state index contributed by atoms with van der Waals surface area (Å²) in [5.74, 6) is 3.07. The van der Waals surface area contributed by atoms with Crippen LogP contribution in [0.15, 0.2) is 18.3 Å². The van der Waals surface area contributed by atoms with E-state index in [1.54, 1.807) is 0 Å². The van der Waals surface area contributed by atoms with E-state index in [4.69, 9.17) is 4.74 Å². The highest BCUT2D eigenvalue weighted by Gasteiger charge is 2.40. The third kappa shape index (κ3) is 3.34. The molecular weight excluding hydrogens is 290 g/mol. The second-order valence-electron chi connectivity index (χ2n) is 7.19. The van der Waals surface area contributed by atoms with E-state index in [9.17, 15) is 4.79 Å². The lowest BCUT2D eigenvalue weighted by Gasteiger charge is -2.28. The Morgan fingerprint density at radius 1 is 1.26 bits per heavy atom. The zero-order valence-corrected chi connectivity index (χ0v) is 13.5. The molecule has 0 radical (unpaired) electrons. The molecule has 4 rings (SSSR count). The quantitative estimate of drug-likeness (QED) is 0.928. The van der Waals surface area contributed by atoms with Gasteiger partial charge in [-0.05, 0) is 49.1 Å². The first-order chi connectivity index (χ1) is 11.3. The number of nitrogens with one attached hydrogen (secondary N) is 1. The number of carbonyl (C=O) groups excluding carboxylic acids is 1. The number of pyridine rings is 1. The van der Waals surface area contributed by atoms with Gasteiger partial charge in [0.1, 0.15) is 5.82 Å². The van der Waals surface area contributed by atoms with Crippen LogP contribution in [0.1, 0.15) is 32.1 Å². The SMILES string of the molecule is O=C(C[C@@H]1C[C@H]2CC[C@H]1C2)Nc1ccc(N2CCOCC2)cn1. The number of morpholine rings is 1. The van der Waals surface area contributed by atoms with Gasteiger partial charge in [-0.15, -0.1) is 0 Å². The average molecular weight is 315 g/mol. The summed E-state index contributed by atoms with van der Waals surface area (Å²) < 4.78 is 5.36. The van der Waals surface area contributed by atoms with Crippen LogP contribution in [0.4, 0.5) is 11.5 Å². The van der Waals surface area contributed by atoms with Crippen molar-refractivity contribution in [2.24, 2.45) is 17.8 Å². The average Bonchev–Trinajstić information content (AvgIpc) is 3.19. The highest BCUT2D eigenvalue weighted by molar-refractivity contribution is 5.90. The molecule has 3 aliphatic rings. The third-order valence-electron chi connectivity index (χ3n) is 5.72.